The molecule has 0 aromatic heterocycles. The zero-order valence-electron chi connectivity index (χ0n) is 11.8. The second-order valence-corrected chi connectivity index (χ2v) is 6.29. The zero-order chi connectivity index (χ0) is 14.2. The maximum Gasteiger partial charge on any atom is 0.481 e. The van der Waals surface area contributed by atoms with Crippen molar-refractivity contribution in [2.24, 2.45) is 0 Å². The van der Waals surface area contributed by atoms with Crippen molar-refractivity contribution in [1.82, 2.24) is 0 Å². The van der Waals surface area contributed by atoms with Crippen LogP contribution in [-0.2, 0) is 18.9 Å². The Morgan fingerprint density at radius 2 is 1.56 bits per heavy atom. The standard InChI is InChI=1S/C11H24F2O4Si/c1-6-15-10(9-14-4)11(16-7-2,17-8-3)18(5,12)13/h10H,6-9H2,1-5H3. The molecule has 0 saturated heterocycles. The van der Waals surface area contributed by atoms with Crippen LogP contribution in [0.5, 0.6) is 0 Å². The van der Waals surface area contributed by atoms with Gasteiger partial charge >= 0.3 is 8.74 Å². The highest BCUT2D eigenvalue weighted by Crippen LogP contribution is 2.34. The first-order valence-electron chi connectivity index (χ1n) is 6.15. The van der Waals surface area contributed by atoms with E-state index < -0.39 is 20.3 Å². The second kappa shape index (κ2) is 8.16. The van der Waals surface area contributed by atoms with Crippen molar-refractivity contribution < 1.29 is 27.2 Å². The normalized spacial score (nSPS) is 14.8. The molecule has 0 bridgehead atoms. The summed E-state index contributed by atoms with van der Waals surface area (Å²) >= 11 is 0. The first-order valence-corrected chi connectivity index (χ1v) is 8.41. The summed E-state index contributed by atoms with van der Waals surface area (Å²) in [5.74, 6) is 0. The van der Waals surface area contributed by atoms with Gasteiger partial charge in [0.1, 0.15) is 6.10 Å². The van der Waals surface area contributed by atoms with Gasteiger partial charge in [-0.1, -0.05) is 0 Å². The zero-order valence-corrected chi connectivity index (χ0v) is 12.8. The number of hydrogen-bond acceptors (Lipinski definition) is 4. The molecule has 0 aliphatic carbocycles. The molecule has 0 heterocycles. The summed E-state index contributed by atoms with van der Waals surface area (Å²) in [4.78, 5) is 0. The third-order valence-electron chi connectivity index (χ3n) is 2.44. The molecule has 0 radical (unpaired) electrons. The second-order valence-electron chi connectivity index (χ2n) is 3.82. The summed E-state index contributed by atoms with van der Waals surface area (Å²) < 4.78 is 49.0. The molecule has 1 unspecified atom stereocenters. The van der Waals surface area contributed by atoms with E-state index in [0.29, 0.717) is 6.61 Å². The van der Waals surface area contributed by atoms with E-state index in [0.717, 1.165) is 6.55 Å². The van der Waals surface area contributed by atoms with Gasteiger partial charge in [0.05, 0.1) is 6.61 Å². The topological polar surface area (TPSA) is 36.9 Å². The van der Waals surface area contributed by atoms with Crippen LogP contribution in [0.25, 0.3) is 0 Å². The lowest BCUT2D eigenvalue weighted by Gasteiger charge is -2.41. The van der Waals surface area contributed by atoms with E-state index in [9.17, 15) is 8.22 Å². The number of ether oxygens (including phenoxy) is 4. The van der Waals surface area contributed by atoms with Crippen LogP contribution in [0.3, 0.4) is 0 Å². The van der Waals surface area contributed by atoms with E-state index >= 15 is 0 Å². The summed E-state index contributed by atoms with van der Waals surface area (Å²) in [5, 5.41) is 0. The Labute approximate surface area is 109 Å². The molecule has 0 amide bonds. The summed E-state index contributed by atoms with van der Waals surface area (Å²) in [6, 6.07) is 0. The molecule has 0 saturated carbocycles. The predicted octanol–water partition coefficient (Wildman–Crippen LogP) is 2.36. The summed E-state index contributed by atoms with van der Waals surface area (Å²) in [5.41, 5.74) is -1.98. The first-order chi connectivity index (χ1) is 8.39. The molecule has 0 fully saturated rings. The Morgan fingerprint density at radius 3 is 1.83 bits per heavy atom. The summed E-state index contributed by atoms with van der Waals surface area (Å²) in [6.07, 6.45) is -0.931. The summed E-state index contributed by atoms with van der Waals surface area (Å²) in [6.45, 7) is 6.51. The van der Waals surface area contributed by atoms with Gasteiger partial charge in [0.2, 0.25) is 5.41 Å². The Kier molecular flexibility index (Phi) is 8.12. The van der Waals surface area contributed by atoms with E-state index in [1.807, 2.05) is 0 Å². The highest BCUT2D eigenvalue weighted by molar-refractivity contribution is 6.67. The van der Waals surface area contributed by atoms with Crippen LogP contribution in [0.4, 0.5) is 8.22 Å². The van der Waals surface area contributed by atoms with Gasteiger partial charge in [0, 0.05) is 26.9 Å². The lowest BCUT2D eigenvalue weighted by atomic mass is 10.3. The molecule has 0 aliphatic heterocycles. The molecule has 0 N–H and O–H groups in total. The number of rotatable bonds is 10. The van der Waals surface area contributed by atoms with Crippen molar-refractivity contribution in [3.8, 4) is 0 Å². The van der Waals surface area contributed by atoms with E-state index in [-0.39, 0.29) is 19.8 Å². The maximum absolute atomic E-state index is 14.1. The Hall–Kier alpha value is -0.0831. The Balaban J connectivity index is 5.32. The average Bonchev–Trinajstić information content (AvgIpc) is 2.27. The minimum Gasteiger partial charge on any atom is -0.382 e. The van der Waals surface area contributed by atoms with Crippen LogP contribution in [0.2, 0.25) is 6.55 Å². The third kappa shape index (κ3) is 4.24. The molecule has 7 heteroatoms. The van der Waals surface area contributed by atoms with Gasteiger partial charge in [-0.3, -0.25) is 8.22 Å². The molecule has 110 valence electrons. The molecule has 0 aliphatic rings. The van der Waals surface area contributed by atoms with Gasteiger partial charge in [-0.15, -0.1) is 0 Å². The molecule has 0 rings (SSSR count). The minimum absolute atomic E-state index is 0.00424. The lowest BCUT2D eigenvalue weighted by molar-refractivity contribution is -0.258. The largest absolute Gasteiger partial charge is 0.481 e. The fraction of sp³-hybridized carbons (Fsp3) is 1.00. The first kappa shape index (κ1) is 17.9. The maximum atomic E-state index is 14.1. The van der Waals surface area contributed by atoms with Gasteiger partial charge in [0.15, 0.2) is 0 Å². The van der Waals surface area contributed by atoms with Crippen LogP contribution >= 0.6 is 0 Å². The van der Waals surface area contributed by atoms with Gasteiger partial charge in [-0.05, 0) is 27.3 Å². The van der Waals surface area contributed by atoms with Gasteiger partial charge in [-0.2, -0.15) is 0 Å². The fourth-order valence-corrected chi connectivity index (χ4v) is 3.34. The van der Waals surface area contributed by atoms with Crippen LogP contribution in [-0.4, -0.2) is 53.8 Å². The van der Waals surface area contributed by atoms with Crippen LogP contribution in [0.1, 0.15) is 20.8 Å². The van der Waals surface area contributed by atoms with E-state index in [4.69, 9.17) is 18.9 Å². The minimum atomic E-state index is -4.77. The lowest BCUT2D eigenvalue weighted by Crippen LogP contribution is -2.64. The van der Waals surface area contributed by atoms with Crippen molar-refractivity contribution in [1.29, 1.82) is 0 Å². The molecule has 0 aromatic carbocycles. The molecule has 0 spiro atoms. The molecule has 4 nitrogen and oxygen atoms in total. The van der Waals surface area contributed by atoms with Crippen molar-refractivity contribution >= 4 is 8.74 Å². The Morgan fingerprint density at radius 1 is 1.06 bits per heavy atom. The molecule has 18 heavy (non-hydrogen) atoms. The van der Waals surface area contributed by atoms with Gasteiger partial charge in [-0.25, -0.2) is 0 Å². The van der Waals surface area contributed by atoms with Crippen molar-refractivity contribution in [2.45, 2.75) is 38.8 Å². The molecular formula is C11H24F2O4Si. The van der Waals surface area contributed by atoms with E-state index in [1.54, 1.807) is 20.8 Å². The average molecular weight is 286 g/mol. The van der Waals surface area contributed by atoms with Crippen LogP contribution in [0.15, 0.2) is 0 Å². The van der Waals surface area contributed by atoms with E-state index in [1.165, 1.54) is 7.11 Å². The van der Waals surface area contributed by atoms with Crippen molar-refractivity contribution in [2.75, 3.05) is 33.5 Å². The highest BCUT2D eigenvalue weighted by atomic mass is 28.4. The van der Waals surface area contributed by atoms with E-state index in [2.05, 4.69) is 0 Å². The smallest absolute Gasteiger partial charge is 0.382 e. The quantitative estimate of drug-likeness (QED) is 0.351. The molecule has 0 aromatic rings. The monoisotopic (exact) mass is 286 g/mol. The van der Waals surface area contributed by atoms with Gasteiger partial charge < -0.3 is 18.9 Å². The molecular weight excluding hydrogens is 262 g/mol. The highest BCUT2D eigenvalue weighted by Gasteiger charge is 2.62. The van der Waals surface area contributed by atoms with Gasteiger partial charge in [0.25, 0.3) is 0 Å². The number of methoxy groups -OCH3 is 1. The third-order valence-corrected chi connectivity index (χ3v) is 4.27. The predicted molar refractivity (Wildman–Crippen MR) is 67.1 cm³/mol. The van der Waals surface area contributed by atoms with Crippen LogP contribution in [0, 0.1) is 0 Å². The SMILES string of the molecule is CCOC(COC)C(OCC)(OCC)[Si](C)(F)F. The molecule has 1 atom stereocenters. The fourth-order valence-electron chi connectivity index (χ4n) is 1.81. The number of hydrogen-bond donors (Lipinski definition) is 0. The Bertz CT molecular complexity index is 212. The van der Waals surface area contributed by atoms with Crippen LogP contribution < -0.4 is 0 Å². The van der Waals surface area contributed by atoms with Crippen molar-refractivity contribution in [3.05, 3.63) is 0 Å². The summed E-state index contributed by atoms with van der Waals surface area (Å²) in [7, 11) is -3.33. The number of halogens is 2. The van der Waals surface area contributed by atoms with Crippen molar-refractivity contribution in [3.63, 3.8) is 0 Å².